The molecule has 2 aliphatic heterocycles. The van der Waals surface area contributed by atoms with E-state index in [4.69, 9.17) is 23.8 Å². The molecule has 0 bridgehead atoms. The molecule has 3 aliphatic rings. The number of aliphatic imine (C=N–C) groups is 1. The van der Waals surface area contributed by atoms with Crippen molar-refractivity contribution >= 4 is 57.1 Å². The second-order valence-corrected chi connectivity index (χ2v) is 8.82. The third kappa shape index (κ3) is 3.96. The number of carbonyl (C=O) groups excluding carboxylic acids is 1. The third-order valence-electron chi connectivity index (χ3n) is 4.82. The summed E-state index contributed by atoms with van der Waals surface area (Å²) in [5.74, 6) is -0.233. The minimum Gasteiger partial charge on any atom is -0.357 e. The van der Waals surface area contributed by atoms with Gasteiger partial charge in [0.15, 0.2) is 0 Å². The first-order valence-corrected chi connectivity index (χ1v) is 10.7. The molecule has 1 unspecified atom stereocenters. The van der Waals surface area contributed by atoms with E-state index >= 15 is 0 Å². The van der Waals surface area contributed by atoms with Crippen LogP contribution >= 0.6 is 35.6 Å². The van der Waals surface area contributed by atoms with E-state index in [1.54, 1.807) is 0 Å². The molecule has 27 heavy (non-hydrogen) atoms. The molecule has 1 amide bonds. The van der Waals surface area contributed by atoms with E-state index < -0.39 is 0 Å². The predicted octanol–water partition coefficient (Wildman–Crippen LogP) is 4.99. The first-order chi connectivity index (χ1) is 13.1. The second-order valence-electron chi connectivity index (χ2n) is 6.67. The zero-order chi connectivity index (χ0) is 18.8. The summed E-state index contributed by atoms with van der Waals surface area (Å²) in [6.45, 7) is 1.91. The van der Waals surface area contributed by atoms with Crippen LogP contribution in [0.4, 0.5) is 0 Å². The van der Waals surface area contributed by atoms with E-state index in [1.165, 1.54) is 18.2 Å². The van der Waals surface area contributed by atoms with Crippen molar-refractivity contribution in [2.24, 2.45) is 4.99 Å². The fraction of sp³-hybridized carbons (Fsp3) is 0.286. The lowest BCUT2D eigenvalue weighted by Crippen LogP contribution is -2.33. The SMILES string of the molecule is O=C1N=C2C=CC(Cl)C=C2C(c2ccccc2)=C1SC(=S)N1CCCCC1. The average molecular weight is 415 g/mol. The van der Waals surface area contributed by atoms with E-state index in [2.05, 4.69) is 9.89 Å². The number of thioether (sulfide) groups is 1. The highest BCUT2D eigenvalue weighted by Crippen LogP contribution is 2.40. The number of fused-ring (bicyclic) bond motifs is 1. The Balaban J connectivity index is 1.76. The van der Waals surface area contributed by atoms with Gasteiger partial charge in [0, 0.05) is 24.2 Å². The van der Waals surface area contributed by atoms with Gasteiger partial charge >= 0.3 is 0 Å². The molecular weight excluding hydrogens is 396 g/mol. The maximum absolute atomic E-state index is 12.9. The predicted molar refractivity (Wildman–Crippen MR) is 118 cm³/mol. The molecule has 0 aromatic heterocycles. The number of rotatable bonds is 2. The first-order valence-electron chi connectivity index (χ1n) is 9.08. The number of dihydropyridines is 1. The summed E-state index contributed by atoms with van der Waals surface area (Å²) in [5.41, 5.74) is 3.44. The van der Waals surface area contributed by atoms with Crippen molar-refractivity contribution in [1.29, 1.82) is 0 Å². The lowest BCUT2D eigenvalue weighted by molar-refractivity contribution is -0.113. The highest BCUT2D eigenvalue weighted by molar-refractivity contribution is 8.26. The molecule has 0 radical (unpaired) electrons. The molecule has 1 aromatic carbocycles. The van der Waals surface area contributed by atoms with Gasteiger partial charge in [-0.2, -0.15) is 0 Å². The zero-order valence-electron chi connectivity index (χ0n) is 14.7. The van der Waals surface area contributed by atoms with Crippen LogP contribution in [0.2, 0.25) is 0 Å². The van der Waals surface area contributed by atoms with Gasteiger partial charge in [-0.15, -0.1) is 11.6 Å². The lowest BCUT2D eigenvalue weighted by Gasteiger charge is -2.30. The van der Waals surface area contributed by atoms with Crippen LogP contribution in [0.25, 0.3) is 5.57 Å². The van der Waals surface area contributed by atoms with E-state index in [-0.39, 0.29) is 11.3 Å². The van der Waals surface area contributed by atoms with Crippen LogP contribution in [-0.2, 0) is 4.79 Å². The topological polar surface area (TPSA) is 32.7 Å². The molecule has 3 nitrogen and oxygen atoms in total. The summed E-state index contributed by atoms with van der Waals surface area (Å²) in [5, 5.41) is -0.217. The summed E-state index contributed by atoms with van der Waals surface area (Å²) >= 11 is 13.4. The van der Waals surface area contributed by atoms with Gasteiger partial charge in [0.2, 0.25) is 0 Å². The molecule has 2 heterocycles. The van der Waals surface area contributed by atoms with E-state index in [1.807, 2.05) is 48.6 Å². The van der Waals surface area contributed by atoms with Crippen molar-refractivity contribution in [2.75, 3.05) is 13.1 Å². The van der Waals surface area contributed by atoms with Gasteiger partial charge in [-0.05, 0) is 30.9 Å². The number of amides is 1. The number of thiocarbonyl (C=S) groups is 1. The van der Waals surface area contributed by atoms with Crippen LogP contribution in [0, 0.1) is 0 Å². The van der Waals surface area contributed by atoms with Gasteiger partial charge < -0.3 is 4.90 Å². The van der Waals surface area contributed by atoms with Crippen LogP contribution in [0.5, 0.6) is 0 Å². The fourth-order valence-electron chi connectivity index (χ4n) is 3.49. The molecule has 4 rings (SSSR count). The summed E-state index contributed by atoms with van der Waals surface area (Å²) < 4.78 is 0.750. The molecule has 1 aliphatic carbocycles. The highest BCUT2D eigenvalue weighted by atomic mass is 35.5. The number of nitrogens with zero attached hydrogens (tertiary/aromatic N) is 2. The molecule has 138 valence electrons. The van der Waals surface area contributed by atoms with Gasteiger partial charge in [-0.25, -0.2) is 4.99 Å². The van der Waals surface area contributed by atoms with Gasteiger partial charge in [-0.1, -0.05) is 66.5 Å². The van der Waals surface area contributed by atoms with Gasteiger partial charge in [-0.3, -0.25) is 4.79 Å². The Kier molecular flexibility index (Phi) is 5.62. The van der Waals surface area contributed by atoms with Crippen LogP contribution in [0.1, 0.15) is 24.8 Å². The number of piperidine rings is 1. The van der Waals surface area contributed by atoms with Crippen molar-refractivity contribution in [3.63, 3.8) is 0 Å². The Bertz CT molecular complexity index is 896. The first kappa shape index (κ1) is 18.7. The van der Waals surface area contributed by atoms with E-state index in [0.717, 1.165) is 47.0 Å². The number of likely N-dealkylation sites (tertiary alicyclic amines) is 1. The normalized spacial score (nSPS) is 22.3. The summed E-state index contributed by atoms with van der Waals surface area (Å²) in [4.78, 5) is 20.0. The smallest absolute Gasteiger partial charge is 0.285 e. The quantitative estimate of drug-likeness (QED) is 0.504. The van der Waals surface area contributed by atoms with E-state index in [0.29, 0.717) is 10.6 Å². The van der Waals surface area contributed by atoms with Crippen molar-refractivity contribution < 1.29 is 4.79 Å². The maximum Gasteiger partial charge on any atom is 0.285 e. The van der Waals surface area contributed by atoms with Crippen molar-refractivity contribution in [1.82, 2.24) is 4.90 Å². The van der Waals surface area contributed by atoms with Crippen LogP contribution in [0.3, 0.4) is 0 Å². The molecule has 1 fully saturated rings. The molecule has 0 spiro atoms. The second kappa shape index (κ2) is 8.13. The molecule has 0 N–H and O–H groups in total. The highest BCUT2D eigenvalue weighted by Gasteiger charge is 2.31. The number of hydrogen-bond donors (Lipinski definition) is 0. The summed E-state index contributed by atoms with van der Waals surface area (Å²) in [6.07, 6.45) is 9.16. The number of halogens is 1. The molecule has 0 saturated carbocycles. The minimum atomic E-state index is -0.233. The van der Waals surface area contributed by atoms with E-state index in [9.17, 15) is 4.79 Å². The lowest BCUT2D eigenvalue weighted by atomic mass is 9.88. The molecular formula is C21H19ClN2OS2. The van der Waals surface area contributed by atoms with Crippen LogP contribution in [0.15, 0.2) is 64.0 Å². The molecule has 1 atom stereocenters. The minimum absolute atomic E-state index is 0.217. The van der Waals surface area contributed by atoms with Gasteiger partial charge in [0.05, 0.1) is 16.0 Å². The number of allylic oxidation sites excluding steroid dienone is 5. The number of alkyl halides is 1. The molecule has 6 heteroatoms. The van der Waals surface area contributed by atoms with Crippen molar-refractivity contribution in [2.45, 2.75) is 24.6 Å². The van der Waals surface area contributed by atoms with Gasteiger partial charge in [0.1, 0.15) is 4.32 Å². The maximum atomic E-state index is 12.9. The summed E-state index contributed by atoms with van der Waals surface area (Å²) in [6, 6.07) is 9.94. The molecule has 1 saturated heterocycles. The Morgan fingerprint density at radius 1 is 1.19 bits per heavy atom. The Labute approximate surface area is 173 Å². The van der Waals surface area contributed by atoms with Crippen molar-refractivity contribution in [3.8, 4) is 0 Å². The van der Waals surface area contributed by atoms with Gasteiger partial charge in [0.25, 0.3) is 5.91 Å². The Morgan fingerprint density at radius 2 is 1.93 bits per heavy atom. The Hall–Kier alpha value is -1.69. The summed E-state index contributed by atoms with van der Waals surface area (Å²) in [7, 11) is 0. The third-order valence-corrected chi connectivity index (χ3v) is 6.61. The number of hydrogen-bond acceptors (Lipinski definition) is 3. The van der Waals surface area contributed by atoms with Crippen molar-refractivity contribution in [3.05, 3.63) is 64.6 Å². The van der Waals surface area contributed by atoms with Crippen LogP contribution < -0.4 is 0 Å². The fourth-order valence-corrected chi connectivity index (χ4v) is 5.07. The number of carbonyl (C=O) groups is 1. The van der Waals surface area contributed by atoms with Crippen LogP contribution in [-0.4, -0.2) is 39.3 Å². The average Bonchev–Trinajstić information content (AvgIpc) is 2.70. The monoisotopic (exact) mass is 414 g/mol. The zero-order valence-corrected chi connectivity index (χ0v) is 17.1. The number of benzene rings is 1. The molecule has 1 aromatic rings. The standard InChI is InChI=1S/C21H19ClN2OS2/c22-15-9-10-17-16(13-15)18(14-7-3-1-4-8-14)19(20(25)23-17)27-21(26)24-11-5-2-6-12-24/h1,3-4,7-10,13,15H,2,5-6,11-12H2. The Morgan fingerprint density at radius 3 is 2.67 bits per heavy atom. The largest absolute Gasteiger partial charge is 0.357 e.